The zero-order valence-electron chi connectivity index (χ0n) is 23.3. The van der Waals surface area contributed by atoms with Gasteiger partial charge >= 0.3 is 6.03 Å². The van der Waals surface area contributed by atoms with E-state index in [-0.39, 0.29) is 30.0 Å². The van der Waals surface area contributed by atoms with Crippen LogP contribution in [0.4, 0.5) is 21.9 Å². The van der Waals surface area contributed by atoms with Crippen molar-refractivity contribution in [2.24, 2.45) is 11.7 Å². The van der Waals surface area contributed by atoms with Gasteiger partial charge in [-0.2, -0.15) is 0 Å². The third kappa shape index (κ3) is 4.74. The summed E-state index contributed by atoms with van der Waals surface area (Å²) in [4.78, 5) is 50.7. The smallest absolute Gasteiger partial charge is 0.334 e. The molecule has 11 heteroatoms. The molecule has 216 valence electrons. The second-order valence-corrected chi connectivity index (χ2v) is 11.7. The van der Waals surface area contributed by atoms with Crippen molar-refractivity contribution in [1.82, 2.24) is 9.88 Å². The molecular formula is C31H31N5O5S. The van der Waals surface area contributed by atoms with Gasteiger partial charge in [-0.25, -0.2) is 9.78 Å². The molecule has 1 saturated heterocycles. The van der Waals surface area contributed by atoms with Crippen molar-refractivity contribution in [3.8, 4) is 11.5 Å². The number of hydrogen-bond donors (Lipinski definition) is 2. The first-order chi connectivity index (χ1) is 20.3. The van der Waals surface area contributed by atoms with Crippen molar-refractivity contribution in [2.45, 2.75) is 32.7 Å². The molecule has 0 saturated carbocycles. The average molecular weight is 586 g/mol. The summed E-state index contributed by atoms with van der Waals surface area (Å²) in [5.41, 5.74) is 8.40. The summed E-state index contributed by atoms with van der Waals surface area (Å²) < 4.78 is 6.31. The van der Waals surface area contributed by atoms with E-state index in [9.17, 15) is 19.5 Å². The molecule has 0 radical (unpaired) electrons. The molecule has 0 bridgehead atoms. The quantitative estimate of drug-likeness (QED) is 0.307. The van der Waals surface area contributed by atoms with Crippen LogP contribution in [0.2, 0.25) is 0 Å². The number of piperidine rings is 1. The van der Waals surface area contributed by atoms with E-state index in [1.165, 1.54) is 0 Å². The molecule has 10 nitrogen and oxygen atoms in total. The third-order valence-electron chi connectivity index (χ3n) is 7.74. The number of hydrogen-bond acceptors (Lipinski definition) is 7. The van der Waals surface area contributed by atoms with E-state index in [4.69, 9.17) is 10.5 Å². The molecule has 4 amide bonds. The third-order valence-corrected chi connectivity index (χ3v) is 8.84. The van der Waals surface area contributed by atoms with Gasteiger partial charge in [0.1, 0.15) is 15.5 Å². The highest BCUT2D eigenvalue weighted by Crippen LogP contribution is 2.51. The number of para-hydroxylation sites is 2. The Morgan fingerprint density at radius 1 is 1.17 bits per heavy atom. The molecule has 2 aliphatic heterocycles. The van der Waals surface area contributed by atoms with Gasteiger partial charge in [-0.3, -0.25) is 19.4 Å². The summed E-state index contributed by atoms with van der Waals surface area (Å²) in [6.07, 6.45) is 2.88. The molecule has 2 aromatic heterocycles. The number of carbonyl (C=O) groups excluding carboxylic acids is 3. The first-order valence-electron chi connectivity index (χ1n) is 13.9. The minimum atomic E-state index is -0.647. The number of aryl methyl sites for hydroxylation is 1. The molecular weight excluding hydrogens is 554 g/mol. The predicted molar refractivity (Wildman–Crippen MR) is 162 cm³/mol. The lowest BCUT2D eigenvalue weighted by Gasteiger charge is -2.44. The fourth-order valence-corrected chi connectivity index (χ4v) is 6.75. The first kappa shape index (κ1) is 27.7. The number of aromatic nitrogens is 1. The van der Waals surface area contributed by atoms with Gasteiger partial charge in [-0.15, -0.1) is 11.3 Å². The second-order valence-electron chi connectivity index (χ2n) is 10.7. The number of aliphatic hydroxyl groups excluding tert-OH is 1. The van der Waals surface area contributed by atoms with Gasteiger partial charge in [0.2, 0.25) is 5.91 Å². The monoisotopic (exact) mass is 585 g/mol. The topological polar surface area (TPSA) is 129 Å². The summed E-state index contributed by atoms with van der Waals surface area (Å²) in [5, 5.41) is 10.2. The van der Waals surface area contributed by atoms with Crippen LogP contribution in [-0.2, 0) is 4.79 Å². The number of amides is 4. The van der Waals surface area contributed by atoms with Gasteiger partial charge in [0.25, 0.3) is 5.91 Å². The van der Waals surface area contributed by atoms with Crippen molar-refractivity contribution in [1.29, 1.82) is 0 Å². The Balaban J connectivity index is 1.50. The number of aliphatic hydroxyl groups is 1. The minimum absolute atomic E-state index is 0.173. The normalized spacial score (nSPS) is 17.5. The largest absolute Gasteiger partial charge is 0.455 e. The Morgan fingerprint density at radius 2 is 1.98 bits per heavy atom. The maximum absolute atomic E-state index is 14.7. The van der Waals surface area contributed by atoms with Crippen LogP contribution in [0.25, 0.3) is 10.2 Å². The molecule has 6 rings (SSSR count). The summed E-state index contributed by atoms with van der Waals surface area (Å²) in [6.45, 7) is 4.19. The maximum atomic E-state index is 14.7. The number of nitrogens with zero attached hydrogens (tertiary/aromatic N) is 4. The fourth-order valence-electron chi connectivity index (χ4n) is 5.74. The highest BCUT2D eigenvalue weighted by Gasteiger charge is 2.43. The zero-order chi connectivity index (χ0) is 29.5. The van der Waals surface area contributed by atoms with Gasteiger partial charge in [0.05, 0.1) is 41.0 Å². The molecule has 42 heavy (non-hydrogen) atoms. The number of anilines is 3. The van der Waals surface area contributed by atoms with Crippen LogP contribution in [0.15, 0.2) is 60.8 Å². The van der Waals surface area contributed by atoms with E-state index in [1.807, 2.05) is 55.5 Å². The van der Waals surface area contributed by atoms with Crippen molar-refractivity contribution >= 4 is 56.5 Å². The van der Waals surface area contributed by atoms with E-state index in [0.29, 0.717) is 58.2 Å². The lowest BCUT2D eigenvalue weighted by Crippen LogP contribution is -2.56. The Hall–Kier alpha value is -4.48. The maximum Gasteiger partial charge on any atom is 0.334 e. The molecule has 2 aliphatic rings. The SMILES string of the molecule is Cc1cccc(Oc2ccccc2N2C(=O)N(C3CCCN(C(=O)C(C)CO)C3)c3c(C(N)=O)sc4nccc2c34)c1. The van der Waals surface area contributed by atoms with Gasteiger partial charge in [-0.05, 0) is 55.7 Å². The highest BCUT2D eigenvalue weighted by molar-refractivity contribution is 7.21. The van der Waals surface area contributed by atoms with E-state index < -0.39 is 17.9 Å². The van der Waals surface area contributed by atoms with Crippen LogP contribution in [0.3, 0.4) is 0 Å². The van der Waals surface area contributed by atoms with E-state index >= 15 is 0 Å². The first-order valence-corrected chi connectivity index (χ1v) is 14.7. The van der Waals surface area contributed by atoms with Crippen LogP contribution in [0.5, 0.6) is 11.5 Å². The van der Waals surface area contributed by atoms with Crippen LogP contribution in [-0.4, -0.2) is 58.6 Å². The lowest BCUT2D eigenvalue weighted by molar-refractivity contribution is -0.137. The Morgan fingerprint density at radius 3 is 2.74 bits per heavy atom. The number of primary amides is 1. The molecule has 1 fully saturated rings. The average Bonchev–Trinajstić information content (AvgIpc) is 3.38. The number of pyridine rings is 1. The molecule has 2 unspecified atom stereocenters. The van der Waals surface area contributed by atoms with Crippen molar-refractivity contribution in [2.75, 3.05) is 29.5 Å². The number of urea groups is 1. The van der Waals surface area contributed by atoms with Crippen LogP contribution < -0.4 is 20.3 Å². The number of likely N-dealkylation sites (tertiary alicyclic amines) is 1. The standard InChI is InChI=1S/C31H31N5O5S/c1-18-7-5-9-21(15-18)41-24-11-4-3-10-22(24)36-23-12-13-33-29-25(23)26(27(42-29)28(32)38)35(31(36)40)20-8-6-14-34(16-20)30(39)19(2)17-37/h3-5,7,9-13,15,19-20,37H,6,8,14,16-17H2,1-2H3,(H2,32,38). The Kier molecular flexibility index (Phi) is 7.29. The van der Waals surface area contributed by atoms with E-state index in [1.54, 1.807) is 33.9 Å². The Bertz CT molecular complexity index is 1700. The number of nitrogens with two attached hydrogens (primary N) is 1. The number of ether oxygens (including phenoxy) is 1. The highest BCUT2D eigenvalue weighted by atomic mass is 32.1. The van der Waals surface area contributed by atoms with E-state index in [0.717, 1.165) is 16.9 Å². The van der Waals surface area contributed by atoms with Gasteiger partial charge < -0.3 is 20.5 Å². The summed E-state index contributed by atoms with van der Waals surface area (Å²) >= 11 is 1.15. The number of carbonyl (C=O) groups is 3. The molecule has 2 atom stereocenters. The van der Waals surface area contributed by atoms with Gasteiger partial charge in [-0.1, -0.05) is 31.2 Å². The Labute approximate surface area is 246 Å². The summed E-state index contributed by atoms with van der Waals surface area (Å²) in [6, 6.07) is 15.9. The van der Waals surface area contributed by atoms with Crippen molar-refractivity contribution in [3.63, 3.8) is 0 Å². The van der Waals surface area contributed by atoms with E-state index in [2.05, 4.69) is 4.98 Å². The van der Waals surface area contributed by atoms with Crippen LogP contribution in [0.1, 0.15) is 35.0 Å². The van der Waals surface area contributed by atoms with Gasteiger partial charge in [0.15, 0.2) is 5.75 Å². The second kappa shape index (κ2) is 11.1. The number of thiophene rings is 1. The van der Waals surface area contributed by atoms with Gasteiger partial charge in [0, 0.05) is 19.3 Å². The number of rotatable bonds is 7. The molecule has 4 aromatic rings. The summed E-state index contributed by atoms with van der Waals surface area (Å²) in [5.74, 6) is -0.260. The zero-order valence-corrected chi connectivity index (χ0v) is 24.1. The van der Waals surface area contributed by atoms with Crippen molar-refractivity contribution in [3.05, 3.63) is 71.2 Å². The minimum Gasteiger partial charge on any atom is -0.455 e. The molecule has 0 aliphatic carbocycles. The fraction of sp³-hybridized carbons (Fsp3) is 0.290. The van der Waals surface area contributed by atoms with Crippen molar-refractivity contribution < 1.29 is 24.2 Å². The molecule has 0 spiro atoms. The number of benzene rings is 2. The van der Waals surface area contributed by atoms with Crippen LogP contribution in [0, 0.1) is 12.8 Å². The molecule has 4 heterocycles. The van der Waals surface area contributed by atoms with Crippen LogP contribution >= 0.6 is 11.3 Å². The molecule has 3 N–H and O–H groups in total. The summed E-state index contributed by atoms with van der Waals surface area (Å²) in [7, 11) is 0. The predicted octanol–water partition coefficient (Wildman–Crippen LogP) is 5.19. The lowest BCUT2D eigenvalue weighted by atomic mass is 9.99. The molecule has 2 aromatic carbocycles.